The zero-order valence-corrected chi connectivity index (χ0v) is 17.9. The molecule has 0 spiro atoms. The van der Waals surface area contributed by atoms with Gasteiger partial charge in [-0.2, -0.15) is 8.78 Å². The van der Waals surface area contributed by atoms with Crippen molar-refractivity contribution in [3.63, 3.8) is 0 Å². The van der Waals surface area contributed by atoms with Crippen LogP contribution in [0.3, 0.4) is 0 Å². The Kier molecular flexibility index (Phi) is 7.52. The van der Waals surface area contributed by atoms with Crippen molar-refractivity contribution >= 4 is 39.4 Å². The lowest BCUT2D eigenvalue weighted by atomic mass is 10.2. The number of nitrogens with one attached hydrogen (secondary N) is 1. The summed E-state index contributed by atoms with van der Waals surface area (Å²) in [5.41, 5.74) is 0.668. The van der Waals surface area contributed by atoms with Gasteiger partial charge in [0.15, 0.2) is 11.0 Å². The summed E-state index contributed by atoms with van der Waals surface area (Å²) in [6.45, 7) is 1.26. The van der Waals surface area contributed by atoms with E-state index in [0.717, 1.165) is 4.47 Å². The quantitative estimate of drug-likeness (QED) is 0.344. The van der Waals surface area contributed by atoms with Gasteiger partial charge in [-0.1, -0.05) is 17.8 Å². The van der Waals surface area contributed by atoms with Gasteiger partial charge < -0.3 is 10.1 Å². The van der Waals surface area contributed by atoms with Crippen LogP contribution in [0.15, 0.2) is 64.9 Å². The van der Waals surface area contributed by atoms with Gasteiger partial charge in [0.1, 0.15) is 11.6 Å². The largest absolute Gasteiger partial charge is 0.435 e. The number of allylic oxidation sites excluding steroid dienone is 1. The molecule has 0 unspecified atom stereocenters. The van der Waals surface area contributed by atoms with E-state index in [1.54, 1.807) is 41.1 Å². The van der Waals surface area contributed by atoms with Crippen molar-refractivity contribution in [1.29, 1.82) is 0 Å². The Morgan fingerprint density at radius 1 is 1.27 bits per heavy atom. The number of aromatic nitrogens is 4. The third kappa shape index (κ3) is 5.86. The Morgan fingerprint density at radius 3 is 2.67 bits per heavy atom. The van der Waals surface area contributed by atoms with Crippen molar-refractivity contribution in [2.75, 3.05) is 11.1 Å². The summed E-state index contributed by atoms with van der Waals surface area (Å²) in [5, 5.41) is 11.6. The zero-order valence-electron chi connectivity index (χ0n) is 15.5. The number of hydrogen-bond donors (Lipinski definition) is 1. The summed E-state index contributed by atoms with van der Waals surface area (Å²) in [5.74, 6) is 0.891. The third-order valence-corrected chi connectivity index (χ3v) is 5.13. The van der Waals surface area contributed by atoms with Crippen molar-refractivity contribution in [2.45, 2.75) is 18.3 Å². The van der Waals surface area contributed by atoms with Gasteiger partial charge in [-0.25, -0.2) is 4.98 Å². The van der Waals surface area contributed by atoms with E-state index in [1.807, 2.05) is 0 Å². The number of thioether (sulfide) groups is 1. The highest BCUT2D eigenvalue weighted by Crippen LogP contribution is 2.26. The van der Waals surface area contributed by atoms with E-state index < -0.39 is 6.61 Å². The molecule has 0 radical (unpaired) electrons. The molecule has 156 valence electrons. The molecule has 3 aromatic rings. The summed E-state index contributed by atoms with van der Waals surface area (Å²) >= 11 is 4.50. The number of hydrogen-bond acceptors (Lipinski definition) is 6. The minimum atomic E-state index is -2.89. The topological polar surface area (TPSA) is 81.9 Å². The minimum Gasteiger partial charge on any atom is -0.435 e. The fraction of sp³-hybridized carbons (Fsp3) is 0.158. The Labute approximate surface area is 183 Å². The van der Waals surface area contributed by atoms with Crippen molar-refractivity contribution in [2.24, 2.45) is 0 Å². The third-order valence-electron chi connectivity index (χ3n) is 3.69. The van der Waals surface area contributed by atoms with Crippen molar-refractivity contribution in [3.05, 3.63) is 59.7 Å². The summed E-state index contributed by atoms with van der Waals surface area (Å²) < 4.78 is 31.6. The lowest BCUT2D eigenvalue weighted by molar-refractivity contribution is -0.113. The summed E-state index contributed by atoms with van der Waals surface area (Å²) in [6, 6.07) is 9.55. The molecule has 0 saturated heterocycles. The number of anilines is 1. The molecule has 0 fully saturated rings. The lowest BCUT2D eigenvalue weighted by Crippen LogP contribution is -2.15. The van der Waals surface area contributed by atoms with Crippen LogP contribution in [0, 0.1) is 0 Å². The first-order chi connectivity index (χ1) is 14.5. The molecule has 1 amide bonds. The molecule has 3 rings (SSSR count). The molecular formula is C19H16BrF2N5O2S. The molecule has 11 heteroatoms. The van der Waals surface area contributed by atoms with Crippen LogP contribution in [0.2, 0.25) is 0 Å². The minimum absolute atomic E-state index is 0.0522. The number of amides is 1. The monoisotopic (exact) mass is 495 g/mol. The van der Waals surface area contributed by atoms with Crippen molar-refractivity contribution in [1.82, 2.24) is 19.7 Å². The lowest BCUT2D eigenvalue weighted by Gasteiger charge is -2.09. The van der Waals surface area contributed by atoms with Gasteiger partial charge in [0, 0.05) is 22.8 Å². The number of carbonyl (C=O) groups excluding carboxylic acids is 1. The second-order valence-electron chi connectivity index (χ2n) is 5.81. The highest BCUT2D eigenvalue weighted by molar-refractivity contribution is 9.10. The fourth-order valence-electron chi connectivity index (χ4n) is 2.45. The Morgan fingerprint density at radius 2 is 2.03 bits per heavy atom. The molecule has 1 N–H and O–H groups in total. The first-order valence-electron chi connectivity index (χ1n) is 8.60. The van der Waals surface area contributed by atoms with Crippen LogP contribution in [-0.4, -0.2) is 38.0 Å². The summed E-state index contributed by atoms with van der Waals surface area (Å²) in [6.07, 6.45) is 3.27. The zero-order chi connectivity index (χ0) is 21.5. The van der Waals surface area contributed by atoms with Gasteiger partial charge in [-0.05, 0) is 52.3 Å². The average molecular weight is 496 g/mol. The van der Waals surface area contributed by atoms with Gasteiger partial charge in [0.25, 0.3) is 0 Å². The number of alkyl halides is 2. The molecule has 30 heavy (non-hydrogen) atoms. The van der Waals surface area contributed by atoms with Crippen LogP contribution >= 0.6 is 27.7 Å². The first-order valence-corrected chi connectivity index (χ1v) is 10.4. The second-order valence-corrected chi connectivity index (χ2v) is 7.67. The smallest absolute Gasteiger partial charge is 0.387 e. The normalized spacial score (nSPS) is 10.8. The SMILES string of the molecule is C=CCn1c(SCC(=O)Nc2ccc(Br)cn2)nnc1-c1ccc(OC(F)F)cc1. The summed E-state index contributed by atoms with van der Waals surface area (Å²) in [7, 11) is 0. The van der Waals surface area contributed by atoms with E-state index in [-0.39, 0.29) is 17.4 Å². The van der Waals surface area contributed by atoms with E-state index in [4.69, 9.17) is 0 Å². The van der Waals surface area contributed by atoms with Crippen molar-refractivity contribution in [3.8, 4) is 17.1 Å². The molecule has 0 bridgehead atoms. The predicted molar refractivity (Wildman–Crippen MR) is 114 cm³/mol. The van der Waals surface area contributed by atoms with E-state index in [1.165, 1.54) is 23.9 Å². The molecule has 0 aliphatic carbocycles. The van der Waals surface area contributed by atoms with E-state index in [0.29, 0.717) is 28.9 Å². The molecule has 1 aromatic carbocycles. The highest BCUT2D eigenvalue weighted by Gasteiger charge is 2.16. The van der Waals surface area contributed by atoms with Crippen LogP contribution in [0.25, 0.3) is 11.4 Å². The number of pyridine rings is 1. The van der Waals surface area contributed by atoms with Crippen LogP contribution in [0.1, 0.15) is 0 Å². The predicted octanol–water partition coefficient (Wildman–Crippen LogP) is 4.62. The van der Waals surface area contributed by atoms with Gasteiger partial charge in [0.2, 0.25) is 5.91 Å². The first kappa shape index (κ1) is 21.9. The van der Waals surface area contributed by atoms with Crippen LogP contribution in [-0.2, 0) is 11.3 Å². The molecule has 7 nitrogen and oxygen atoms in total. The van der Waals surface area contributed by atoms with Crippen LogP contribution in [0.4, 0.5) is 14.6 Å². The number of ether oxygens (including phenoxy) is 1. The maximum absolute atomic E-state index is 12.3. The van der Waals surface area contributed by atoms with Gasteiger partial charge in [0.05, 0.1) is 5.75 Å². The van der Waals surface area contributed by atoms with E-state index in [9.17, 15) is 13.6 Å². The van der Waals surface area contributed by atoms with Gasteiger partial charge >= 0.3 is 6.61 Å². The maximum atomic E-state index is 12.3. The molecular weight excluding hydrogens is 480 g/mol. The fourth-order valence-corrected chi connectivity index (χ4v) is 3.43. The van der Waals surface area contributed by atoms with E-state index >= 15 is 0 Å². The number of nitrogens with zero attached hydrogens (tertiary/aromatic N) is 4. The average Bonchev–Trinajstić information content (AvgIpc) is 3.11. The second kappa shape index (κ2) is 10.3. The molecule has 0 aliphatic rings. The van der Waals surface area contributed by atoms with Gasteiger partial charge in [-0.3, -0.25) is 9.36 Å². The Bertz CT molecular complexity index is 1010. The molecule has 2 aromatic heterocycles. The molecule has 0 aliphatic heterocycles. The number of halogens is 3. The van der Waals surface area contributed by atoms with Crippen LogP contribution in [0.5, 0.6) is 5.75 Å². The Balaban J connectivity index is 1.70. The number of benzene rings is 1. The standard InChI is InChI=1S/C19H16BrF2N5O2S/c1-2-9-27-17(12-3-6-14(7-4-12)29-18(21)22)25-26-19(27)30-11-16(28)24-15-8-5-13(20)10-23-15/h2-8,10,18H,1,9,11H2,(H,23,24,28). The number of carbonyl (C=O) groups is 1. The Hall–Kier alpha value is -2.79. The molecule has 0 saturated carbocycles. The number of rotatable bonds is 9. The molecule has 0 atom stereocenters. The van der Waals surface area contributed by atoms with Gasteiger partial charge in [-0.15, -0.1) is 16.8 Å². The van der Waals surface area contributed by atoms with Crippen molar-refractivity contribution < 1.29 is 18.3 Å². The molecule has 2 heterocycles. The maximum Gasteiger partial charge on any atom is 0.387 e. The highest BCUT2D eigenvalue weighted by atomic mass is 79.9. The van der Waals surface area contributed by atoms with E-state index in [2.05, 4.69) is 47.7 Å². The summed E-state index contributed by atoms with van der Waals surface area (Å²) in [4.78, 5) is 16.3. The van der Waals surface area contributed by atoms with Crippen LogP contribution < -0.4 is 10.1 Å².